The number of carbonyl (C=O) groups is 1. The molecule has 3 aromatic rings. The highest BCUT2D eigenvalue weighted by Crippen LogP contribution is 2.32. The molecule has 27 heavy (non-hydrogen) atoms. The van der Waals surface area contributed by atoms with Gasteiger partial charge >= 0.3 is 0 Å². The number of carbonyl (C=O) groups excluding carboxylic acids is 1. The summed E-state index contributed by atoms with van der Waals surface area (Å²) in [6, 6.07) is 7.53. The van der Waals surface area contributed by atoms with E-state index in [1.807, 2.05) is 47.0 Å². The molecule has 1 fully saturated rings. The van der Waals surface area contributed by atoms with Crippen LogP contribution in [0.2, 0.25) is 8.67 Å². The van der Waals surface area contributed by atoms with Gasteiger partial charge in [0.25, 0.3) is 5.91 Å². The molecule has 140 valence electrons. The molecule has 3 aromatic heterocycles. The third-order valence-electron chi connectivity index (χ3n) is 4.46. The summed E-state index contributed by atoms with van der Waals surface area (Å²) in [6.45, 7) is 4.49. The highest BCUT2D eigenvalue weighted by molar-refractivity contribution is 7.20. The number of aryl methyl sites for hydroxylation is 1. The zero-order valence-electron chi connectivity index (χ0n) is 14.6. The zero-order chi connectivity index (χ0) is 19.0. The number of hydrogen-bond donors (Lipinski definition) is 0. The van der Waals surface area contributed by atoms with Crippen LogP contribution in [0.25, 0.3) is 5.82 Å². The first kappa shape index (κ1) is 18.3. The molecule has 0 bridgehead atoms. The van der Waals surface area contributed by atoms with Crippen molar-refractivity contribution in [2.45, 2.75) is 6.92 Å². The normalized spacial score (nSPS) is 14.6. The maximum absolute atomic E-state index is 12.7. The molecule has 4 rings (SSSR count). The third-order valence-corrected chi connectivity index (χ3v) is 5.95. The average Bonchev–Trinajstić information content (AvgIpc) is 3.30. The number of nitrogens with zero attached hydrogens (tertiary/aromatic N) is 5. The molecule has 0 N–H and O–H groups in total. The van der Waals surface area contributed by atoms with Crippen LogP contribution in [0.1, 0.15) is 16.2 Å². The monoisotopic (exact) mass is 421 g/mol. The Morgan fingerprint density at radius 2 is 1.70 bits per heavy atom. The van der Waals surface area contributed by atoms with E-state index >= 15 is 0 Å². The van der Waals surface area contributed by atoms with Crippen molar-refractivity contribution in [3.8, 4) is 5.82 Å². The summed E-state index contributed by atoms with van der Waals surface area (Å²) in [7, 11) is 0. The summed E-state index contributed by atoms with van der Waals surface area (Å²) < 4.78 is 2.92. The van der Waals surface area contributed by atoms with Crippen molar-refractivity contribution in [2.24, 2.45) is 0 Å². The van der Waals surface area contributed by atoms with Crippen molar-refractivity contribution in [2.75, 3.05) is 31.1 Å². The third kappa shape index (κ3) is 3.81. The molecule has 6 nitrogen and oxygen atoms in total. The van der Waals surface area contributed by atoms with Crippen LogP contribution in [-0.2, 0) is 0 Å². The van der Waals surface area contributed by atoms with Crippen molar-refractivity contribution in [3.05, 3.63) is 56.7 Å². The van der Waals surface area contributed by atoms with Crippen LogP contribution in [-0.4, -0.2) is 51.5 Å². The van der Waals surface area contributed by atoms with Crippen LogP contribution in [0.5, 0.6) is 0 Å². The van der Waals surface area contributed by atoms with Crippen LogP contribution < -0.4 is 4.90 Å². The first-order valence-electron chi connectivity index (χ1n) is 8.49. The summed E-state index contributed by atoms with van der Waals surface area (Å²) in [5.41, 5.74) is 0.480. The maximum Gasteiger partial charge on any atom is 0.256 e. The Morgan fingerprint density at radius 1 is 1.04 bits per heavy atom. The maximum atomic E-state index is 12.7. The van der Waals surface area contributed by atoms with Crippen molar-refractivity contribution >= 4 is 46.3 Å². The van der Waals surface area contributed by atoms with Gasteiger partial charge in [0.05, 0.1) is 9.90 Å². The molecule has 1 amide bonds. The van der Waals surface area contributed by atoms with Gasteiger partial charge in [-0.15, -0.1) is 11.3 Å². The Kier molecular flexibility index (Phi) is 5.08. The standard InChI is InChI=1S/C18H17Cl2N5OS/c1-12-21-15(23-4-2-3-5-23)11-16(22-12)24-6-8-25(9-7-24)18(26)13-10-14(19)27-17(13)20/h2-5,10-11H,6-9H2,1H3. The predicted octanol–water partition coefficient (Wildman–Crippen LogP) is 3.91. The van der Waals surface area contributed by atoms with Crippen LogP contribution in [0.4, 0.5) is 5.82 Å². The van der Waals surface area contributed by atoms with E-state index in [0.29, 0.717) is 40.4 Å². The van der Waals surface area contributed by atoms with Gasteiger partial charge < -0.3 is 14.4 Å². The minimum atomic E-state index is -0.0744. The van der Waals surface area contributed by atoms with Gasteiger partial charge in [-0.2, -0.15) is 0 Å². The fourth-order valence-electron chi connectivity index (χ4n) is 3.11. The van der Waals surface area contributed by atoms with E-state index in [-0.39, 0.29) is 5.91 Å². The number of halogens is 2. The van der Waals surface area contributed by atoms with Gasteiger partial charge in [0.2, 0.25) is 0 Å². The second kappa shape index (κ2) is 7.50. The van der Waals surface area contributed by atoms with E-state index in [2.05, 4.69) is 14.9 Å². The van der Waals surface area contributed by atoms with Crippen molar-refractivity contribution in [1.29, 1.82) is 0 Å². The number of rotatable bonds is 3. The summed E-state index contributed by atoms with van der Waals surface area (Å²) in [4.78, 5) is 25.7. The van der Waals surface area contributed by atoms with Crippen molar-refractivity contribution in [1.82, 2.24) is 19.4 Å². The van der Waals surface area contributed by atoms with Crippen LogP contribution in [0.15, 0.2) is 36.7 Å². The van der Waals surface area contributed by atoms with Gasteiger partial charge in [-0.25, -0.2) is 9.97 Å². The number of hydrogen-bond acceptors (Lipinski definition) is 5. The van der Waals surface area contributed by atoms with Crippen molar-refractivity contribution < 1.29 is 4.79 Å². The highest BCUT2D eigenvalue weighted by atomic mass is 35.5. The lowest BCUT2D eigenvalue weighted by molar-refractivity contribution is 0.0747. The fraction of sp³-hybridized carbons (Fsp3) is 0.278. The van der Waals surface area contributed by atoms with E-state index in [9.17, 15) is 4.79 Å². The molecular formula is C18H17Cl2N5OS. The first-order chi connectivity index (χ1) is 13.0. The molecule has 1 saturated heterocycles. The molecular weight excluding hydrogens is 405 g/mol. The lowest BCUT2D eigenvalue weighted by atomic mass is 10.2. The van der Waals surface area contributed by atoms with Crippen molar-refractivity contribution in [3.63, 3.8) is 0 Å². The Hall–Kier alpha value is -2.09. The second-order valence-corrected chi connectivity index (χ2v) is 8.52. The van der Waals surface area contributed by atoms with Gasteiger partial charge in [0.1, 0.15) is 21.8 Å². The molecule has 4 heterocycles. The summed E-state index contributed by atoms with van der Waals surface area (Å²) in [5.74, 6) is 2.35. The second-order valence-electron chi connectivity index (χ2n) is 6.24. The van der Waals surface area contributed by atoms with E-state index in [0.717, 1.165) is 17.5 Å². The van der Waals surface area contributed by atoms with Crippen LogP contribution in [0, 0.1) is 6.92 Å². The number of piperazine rings is 1. The zero-order valence-corrected chi connectivity index (χ0v) is 16.9. The molecule has 0 spiro atoms. The van der Waals surface area contributed by atoms with Gasteiger partial charge in [-0.05, 0) is 25.1 Å². The SMILES string of the molecule is Cc1nc(N2CCN(C(=O)c3cc(Cl)sc3Cl)CC2)cc(-n2cccc2)n1. The highest BCUT2D eigenvalue weighted by Gasteiger charge is 2.25. The summed E-state index contributed by atoms with van der Waals surface area (Å²) in [5, 5.41) is 0. The van der Waals surface area contributed by atoms with Gasteiger partial charge in [0, 0.05) is 44.6 Å². The topological polar surface area (TPSA) is 54.3 Å². The number of thiophene rings is 1. The largest absolute Gasteiger partial charge is 0.353 e. The lowest BCUT2D eigenvalue weighted by Gasteiger charge is -2.35. The van der Waals surface area contributed by atoms with Gasteiger partial charge in [-0.3, -0.25) is 4.79 Å². The number of anilines is 1. The smallest absolute Gasteiger partial charge is 0.256 e. The average molecular weight is 422 g/mol. The lowest BCUT2D eigenvalue weighted by Crippen LogP contribution is -2.49. The Labute approximate surface area is 171 Å². The quantitative estimate of drug-likeness (QED) is 0.643. The summed E-state index contributed by atoms with van der Waals surface area (Å²) >= 11 is 13.3. The number of aromatic nitrogens is 3. The molecule has 0 aromatic carbocycles. The Balaban J connectivity index is 1.48. The first-order valence-corrected chi connectivity index (χ1v) is 10.1. The molecule has 0 radical (unpaired) electrons. The predicted molar refractivity (Wildman–Crippen MR) is 109 cm³/mol. The van der Waals surface area contributed by atoms with E-state index in [1.165, 1.54) is 11.3 Å². The minimum absolute atomic E-state index is 0.0744. The van der Waals surface area contributed by atoms with Crippen LogP contribution >= 0.6 is 34.5 Å². The van der Waals surface area contributed by atoms with E-state index < -0.39 is 0 Å². The molecule has 0 saturated carbocycles. The molecule has 0 unspecified atom stereocenters. The van der Waals surface area contributed by atoms with E-state index in [1.54, 1.807) is 6.07 Å². The molecule has 9 heteroatoms. The molecule has 1 aliphatic heterocycles. The van der Waals surface area contributed by atoms with Gasteiger partial charge in [0.15, 0.2) is 0 Å². The molecule has 0 aliphatic carbocycles. The molecule has 0 atom stereocenters. The van der Waals surface area contributed by atoms with E-state index in [4.69, 9.17) is 23.2 Å². The van der Waals surface area contributed by atoms with Gasteiger partial charge in [-0.1, -0.05) is 23.2 Å². The minimum Gasteiger partial charge on any atom is -0.353 e. The molecule has 1 aliphatic rings. The summed E-state index contributed by atoms with van der Waals surface area (Å²) in [6.07, 6.45) is 3.91. The Morgan fingerprint density at radius 3 is 2.33 bits per heavy atom. The van der Waals surface area contributed by atoms with Crippen LogP contribution in [0.3, 0.4) is 0 Å². The fourth-order valence-corrected chi connectivity index (χ4v) is 4.56. The Bertz CT molecular complexity index is 964. The number of amides is 1.